The number of ether oxygens (including phenoxy) is 1. The third kappa shape index (κ3) is 6.29. The Hall–Kier alpha value is -1.22. The average molecular weight is 298 g/mol. The van der Waals surface area contributed by atoms with E-state index in [2.05, 4.69) is 12.2 Å². The molecule has 0 saturated heterocycles. The van der Waals surface area contributed by atoms with E-state index in [0.29, 0.717) is 6.54 Å². The Morgan fingerprint density at radius 3 is 2.75 bits per heavy atom. The first-order valence-corrected chi connectivity index (χ1v) is 7.71. The maximum Gasteiger partial charge on any atom is 0.238 e. The SMILES string of the molecule is CCCCCCOc1ccccc1CNC(=O)C(C)Cl. The van der Waals surface area contributed by atoms with Gasteiger partial charge >= 0.3 is 0 Å². The fourth-order valence-electron chi connectivity index (χ4n) is 1.82. The lowest BCUT2D eigenvalue weighted by atomic mass is 10.2. The molecule has 0 heterocycles. The number of benzene rings is 1. The van der Waals surface area contributed by atoms with E-state index in [1.165, 1.54) is 19.3 Å². The molecule has 1 unspecified atom stereocenters. The molecular formula is C16H24ClNO2. The predicted octanol–water partition coefficient (Wildman–Crippen LogP) is 3.89. The van der Waals surface area contributed by atoms with Gasteiger partial charge in [0.2, 0.25) is 5.91 Å². The molecule has 0 radical (unpaired) electrons. The first-order chi connectivity index (χ1) is 9.65. The van der Waals surface area contributed by atoms with Gasteiger partial charge in [0.15, 0.2) is 0 Å². The molecule has 1 amide bonds. The summed E-state index contributed by atoms with van der Waals surface area (Å²) in [5, 5.41) is 2.28. The van der Waals surface area contributed by atoms with Crippen LogP contribution < -0.4 is 10.1 Å². The van der Waals surface area contributed by atoms with Gasteiger partial charge in [-0.15, -0.1) is 11.6 Å². The minimum Gasteiger partial charge on any atom is -0.493 e. The number of hydrogen-bond donors (Lipinski definition) is 1. The Balaban J connectivity index is 2.44. The number of amides is 1. The summed E-state index contributed by atoms with van der Waals surface area (Å²) in [5.74, 6) is 0.677. The molecule has 0 aliphatic heterocycles. The van der Waals surface area contributed by atoms with Crippen LogP contribution in [0.4, 0.5) is 0 Å². The van der Waals surface area contributed by atoms with Crippen molar-refractivity contribution in [1.82, 2.24) is 5.32 Å². The minimum absolute atomic E-state index is 0.163. The fourth-order valence-corrected chi connectivity index (χ4v) is 1.90. The number of carbonyl (C=O) groups excluding carboxylic acids is 1. The quantitative estimate of drug-likeness (QED) is 0.555. The Labute approximate surface area is 126 Å². The van der Waals surface area contributed by atoms with Crippen LogP contribution in [0.2, 0.25) is 0 Å². The second-order valence-corrected chi connectivity index (χ2v) is 5.51. The molecule has 0 spiro atoms. The van der Waals surface area contributed by atoms with Gasteiger partial charge < -0.3 is 10.1 Å². The molecule has 1 N–H and O–H groups in total. The van der Waals surface area contributed by atoms with Crippen molar-refractivity contribution >= 4 is 17.5 Å². The molecule has 0 fully saturated rings. The normalized spacial score (nSPS) is 11.9. The van der Waals surface area contributed by atoms with E-state index in [1.54, 1.807) is 6.92 Å². The molecule has 1 rings (SSSR count). The molecule has 3 nitrogen and oxygen atoms in total. The number of carbonyl (C=O) groups is 1. The highest BCUT2D eigenvalue weighted by Gasteiger charge is 2.09. The highest BCUT2D eigenvalue weighted by molar-refractivity contribution is 6.30. The van der Waals surface area contributed by atoms with Gasteiger partial charge in [-0.05, 0) is 19.4 Å². The van der Waals surface area contributed by atoms with Crippen LogP contribution in [0.25, 0.3) is 0 Å². The molecule has 112 valence electrons. The average Bonchev–Trinajstić information content (AvgIpc) is 2.45. The number of unbranched alkanes of at least 4 members (excludes halogenated alkanes) is 3. The minimum atomic E-state index is -0.517. The Kier molecular flexibility index (Phi) is 8.12. The summed E-state index contributed by atoms with van der Waals surface area (Å²) in [6.07, 6.45) is 4.72. The standard InChI is InChI=1S/C16H24ClNO2/c1-3-4-5-8-11-20-15-10-7-6-9-14(15)12-18-16(19)13(2)17/h6-7,9-10,13H,3-5,8,11-12H2,1-2H3,(H,18,19). The van der Waals surface area contributed by atoms with Crippen LogP contribution in [0.3, 0.4) is 0 Å². The highest BCUT2D eigenvalue weighted by atomic mass is 35.5. The van der Waals surface area contributed by atoms with Gasteiger partial charge in [0.05, 0.1) is 6.61 Å². The van der Waals surface area contributed by atoms with Gasteiger partial charge in [0, 0.05) is 12.1 Å². The van der Waals surface area contributed by atoms with E-state index < -0.39 is 5.38 Å². The van der Waals surface area contributed by atoms with Crippen molar-refractivity contribution in [2.45, 2.75) is 51.5 Å². The largest absolute Gasteiger partial charge is 0.493 e. The topological polar surface area (TPSA) is 38.3 Å². The van der Waals surface area contributed by atoms with E-state index >= 15 is 0 Å². The molecule has 0 bridgehead atoms. The molecule has 0 saturated carbocycles. The Morgan fingerprint density at radius 1 is 1.30 bits per heavy atom. The molecule has 4 heteroatoms. The van der Waals surface area contributed by atoms with Crippen molar-refractivity contribution in [2.75, 3.05) is 6.61 Å². The number of rotatable bonds is 9. The van der Waals surface area contributed by atoms with Gasteiger partial charge in [0.25, 0.3) is 0 Å². The fraction of sp³-hybridized carbons (Fsp3) is 0.562. The smallest absolute Gasteiger partial charge is 0.238 e. The van der Waals surface area contributed by atoms with E-state index in [4.69, 9.17) is 16.3 Å². The van der Waals surface area contributed by atoms with E-state index in [1.807, 2.05) is 24.3 Å². The summed E-state index contributed by atoms with van der Waals surface area (Å²) in [7, 11) is 0. The van der Waals surface area contributed by atoms with Gasteiger partial charge in [-0.2, -0.15) is 0 Å². The summed E-state index contributed by atoms with van der Waals surface area (Å²) in [6, 6.07) is 7.78. The monoisotopic (exact) mass is 297 g/mol. The number of nitrogens with one attached hydrogen (secondary N) is 1. The van der Waals surface area contributed by atoms with Crippen LogP contribution in [0, 0.1) is 0 Å². The van der Waals surface area contributed by atoms with Crippen LogP contribution in [-0.4, -0.2) is 17.9 Å². The molecule has 20 heavy (non-hydrogen) atoms. The second-order valence-electron chi connectivity index (χ2n) is 4.85. The Bertz CT molecular complexity index is 407. The number of para-hydroxylation sites is 1. The lowest BCUT2D eigenvalue weighted by molar-refractivity contribution is -0.120. The van der Waals surface area contributed by atoms with Gasteiger partial charge in [-0.3, -0.25) is 4.79 Å². The van der Waals surface area contributed by atoms with Crippen molar-refractivity contribution in [1.29, 1.82) is 0 Å². The summed E-state index contributed by atoms with van der Waals surface area (Å²) in [5.41, 5.74) is 0.980. The van der Waals surface area contributed by atoms with Crippen molar-refractivity contribution in [2.24, 2.45) is 0 Å². The lowest BCUT2D eigenvalue weighted by Crippen LogP contribution is -2.29. The van der Waals surface area contributed by atoms with Crippen LogP contribution >= 0.6 is 11.6 Å². The van der Waals surface area contributed by atoms with Gasteiger partial charge in [-0.1, -0.05) is 44.4 Å². The lowest BCUT2D eigenvalue weighted by Gasteiger charge is -2.12. The maximum absolute atomic E-state index is 11.5. The highest BCUT2D eigenvalue weighted by Crippen LogP contribution is 2.18. The zero-order chi connectivity index (χ0) is 14.8. The van der Waals surface area contributed by atoms with Crippen molar-refractivity contribution in [3.05, 3.63) is 29.8 Å². The zero-order valence-electron chi connectivity index (χ0n) is 12.3. The van der Waals surface area contributed by atoms with Gasteiger partial charge in [-0.25, -0.2) is 0 Å². The predicted molar refractivity (Wildman–Crippen MR) is 83.2 cm³/mol. The molecule has 0 aliphatic rings. The van der Waals surface area contributed by atoms with E-state index in [9.17, 15) is 4.79 Å². The molecule has 0 aliphatic carbocycles. The third-order valence-electron chi connectivity index (χ3n) is 3.04. The summed E-state index contributed by atoms with van der Waals surface area (Å²) < 4.78 is 5.79. The number of halogens is 1. The van der Waals surface area contributed by atoms with Crippen LogP contribution in [0.5, 0.6) is 5.75 Å². The summed E-state index contributed by atoms with van der Waals surface area (Å²) in [6.45, 7) is 5.02. The Morgan fingerprint density at radius 2 is 2.05 bits per heavy atom. The first-order valence-electron chi connectivity index (χ1n) is 7.27. The van der Waals surface area contributed by atoms with E-state index in [0.717, 1.165) is 24.3 Å². The maximum atomic E-state index is 11.5. The first kappa shape index (κ1) is 16.8. The molecular weight excluding hydrogens is 274 g/mol. The molecule has 1 atom stereocenters. The third-order valence-corrected chi connectivity index (χ3v) is 3.24. The van der Waals surface area contributed by atoms with Gasteiger partial charge in [0.1, 0.15) is 11.1 Å². The van der Waals surface area contributed by atoms with Crippen LogP contribution in [-0.2, 0) is 11.3 Å². The molecule has 1 aromatic rings. The van der Waals surface area contributed by atoms with Crippen molar-refractivity contribution in [3.63, 3.8) is 0 Å². The molecule has 0 aromatic heterocycles. The zero-order valence-corrected chi connectivity index (χ0v) is 13.1. The van der Waals surface area contributed by atoms with E-state index in [-0.39, 0.29) is 5.91 Å². The number of alkyl halides is 1. The second kappa shape index (κ2) is 9.65. The van der Waals surface area contributed by atoms with Crippen molar-refractivity contribution < 1.29 is 9.53 Å². The van der Waals surface area contributed by atoms with Crippen LogP contribution in [0.15, 0.2) is 24.3 Å². The molecule has 1 aromatic carbocycles. The van der Waals surface area contributed by atoms with Crippen LogP contribution in [0.1, 0.15) is 45.1 Å². The summed E-state index contributed by atoms with van der Waals surface area (Å²) >= 11 is 5.72. The summed E-state index contributed by atoms with van der Waals surface area (Å²) in [4.78, 5) is 11.5. The number of hydrogen-bond acceptors (Lipinski definition) is 2. The van der Waals surface area contributed by atoms with Crippen molar-refractivity contribution in [3.8, 4) is 5.75 Å².